The second-order valence-electron chi connectivity index (χ2n) is 4.71. The zero-order valence-electron chi connectivity index (χ0n) is 10.5. The lowest BCUT2D eigenvalue weighted by Gasteiger charge is -2.16. The van der Waals surface area contributed by atoms with Crippen LogP contribution in [0.25, 0.3) is 0 Å². The van der Waals surface area contributed by atoms with Gasteiger partial charge in [-0.25, -0.2) is 0 Å². The van der Waals surface area contributed by atoms with Crippen LogP contribution < -0.4 is 11.1 Å². The van der Waals surface area contributed by atoms with E-state index >= 15 is 0 Å². The van der Waals surface area contributed by atoms with Crippen molar-refractivity contribution in [1.82, 2.24) is 5.32 Å². The van der Waals surface area contributed by atoms with Gasteiger partial charge in [0.05, 0.1) is 6.04 Å². The number of aryl methyl sites for hydroxylation is 1. The first-order chi connectivity index (χ1) is 8.31. The van der Waals surface area contributed by atoms with Gasteiger partial charge in [0.25, 0.3) is 0 Å². The average Bonchev–Trinajstić information content (AvgIpc) is 2.96. The van der Waals surface area contributed by atoms with Crippen LogP contribution in [-0.2, 0) is 0 Å². The van der Waals surface area contributed by atoms with Gasteiger partial charge in [0.1, 0.15) is 0 Å². The molecule has 2 nitrogen and oxygen atoms in total. The Morgan fingerprint density at radius 2 is 2.41 bits per heavy atom. The molecule has 0 spiro atoms. The van der Waals surface area contributed by atoms with E-state index in [4.69, 9.17) is 5.73 Å². The Morgan fingerprint density at radius 1 is 1.53 bits per heavy atom. The van der Waals surface area contributed by atoms with E-state index in [1.165, 1.54) is 36.1 Å². The van der Waals surface area contributed by atoms with Crippen LogP contribution in [0.5, 0.6) is 0 Å². The van der Waals surface area contributed by atoms with Crippen molar-refractivity contribution < 1.29 is 0 Å². The second-order valence-corrected chi connectivity index (χ2v) is 5.66. The van der Waals surface area contributed by atoms with Gasteiger partial charge in [-0.15, -0.1) is 11.3 Å². The standard InChI is InChI=1S/C14H22N2S/c1-11-7-9-17-14(11)13(10-15)16-8-6-12-4-2-3-5-12/h4,7,9,13,16H,2-3,5-6,8,10,15H2,1H3. The summed E-state index contributed by atoms with van der Waals surface area (Å²) >= 11 is 1.81. The molecule has 3 N–H and O–H groups in total. The van der Waals surface area contributed by atoms with Crippen LogP contribution in [0.15, 0.2) is 23.1 Å². The van der Waals surface area contributed by atoms with Gasteiger partial charge in [-0.2, -0.15) is 0 Å². The van der Waals surface area contributed by atoms with Gasteiger partial charge in [-0.05, 0) is 56.2 Å². The largest absolute Gasteiger partial charge is 0.329 e. The van der Waals surface area contributed by atoms with Gasteiger partial charge in [0, 0.05) is 11.4 Å². The van der Waals surface area contributed by atoms with Gasteiger partial charge in [-0.3, -0.25) is 0 Å². The van der Waals surface area contributed by atoms with Gasteiger partial charge >= 0.3 is 0 Å². The molecule has 1 atom stereocenters. The Labute approximate surface area is 108 Å². The number of thiophene rings is 1. The number of allylic oxidation sites excluding steroid dienone is 1. The summed E-state index contributed by atoms with van der Waals surface area (Å²) in [4.78, 5) is 1.40. The van der Waals surface area contributed by atoms with Crippen molar-refractivity contribution in [2.75, 3.05) is 13.1 Å². The molecule has 1 aliphatic rings. The molecule has 1 aliphatic carbocycles. The summed E-state index contributed by atoms with van der Waals surface area (Å²) in [5.41, 5.74) is 8.84. The van der Waals surface area contributed by atoms with E-state index in [1.807, 2.05) is 11.3 Å². The first-order valence-corrected chi connectivity index (χ1v) is 7.34. The SMILES string of the molecule is Cc1ccsc1C(CN)NCCC1=CCCC1. The minimum atomic E-state index is 0.331. The predicted octanol–water partition coefficient (Wildman–Crippen LogP) is 3.15. The Bertz CT molecular complexity index is 381. The smallest absolute Gasteiger partial charge is 0.0542 e. The van der Waals surface area contributed by atoms with Crippen molar-refractivity contribution in [1.29, 1.82) is 0 Å². The van der Waals surface area contributed by atoms with Crippen molar-refractivity contribution >= 4 is 11.3 Å². The zero-order chi connectivity index (χ0) is 12.1. The summed E-state index contributed by atoms with van der Waals surface area (Å²) in [7, 11) is 0. The fraction of sp³-hybridized carbons (Fsp3) is 0.571. The highest BCUT2D eigenvalue weighted by molar-refractivity contribution is 7.10. The molecule has 3 heteroatoms. The Balaban J connectivity index is 1.82. The Kier molecular flexibility index (Phi) is 4.77. The van der Waals surface area contributed by atoms with Gasteiger partial charge in [-0.1, -0.05) is 11.6 Å². The molecule has 0 aromatic carbocycles. The van der Waals surface area contributed by atoms with E-state index in [2.05, 4.69) is 29.8 Å². The monoisotopic (exact) mass is 250 g/mol. The third-order valence-electron chi connectivity index (χ3n) is 3.43. The number of rotatable bonds is 6. The number of hydrogen-bond acceptors (Lipinski definition) is 3. The normalized spacial score (nSPS) is 17.2. The lowest BCUT2D eigenvalue weighted by atomic mass is 10.1. The van der Waals surface area contributed by atoms with E-state index in [-0.39, 0.29) is 0 Å². The molecule has 0 saturated carbocycles. The lowest BCUT2D eigenvalue weighted by Crippen LogP contribution is -2.29. The topological polar surface area (TPSA) is 38.0 Å². The summed E-state index contributed by atoms with van der Waals surface area (Å²) in [5.74, 6) is 0. The highest BCUT2D eigenvalue weighted by Crippen LogP contribution is 2.24. The lowest BCUT2D eigenvalue weighted by molar-refractivity contribution is 0.547. The molecule has 1 aromatic heterocycles. The fourth-order valence-electron chi connectivity index (χ4n) is 2.40. The first-order valence-electron chi connectivity index (χ1n) is 6.46. The molecule has 0 saturated heterocycles. The van der Waals surface area contributed by atoms with Gasteiger partial charge < -0.3 is 11.1 Å². The third-order valence-corrected chi connectivity index (χ3v) is 4.56. The maximum Gasteiger partial charge on any atom is 0.0542 e. The minimum absolute atomic E-state index is 0.331. The fourth-order valence-corrected chi connectivity index (χ4v) is 3.41. The van der Waals surface area contributed by atoms with Crippen LogP contribution >= 0.6 is 11.3 Å². The van der Waals surface area contributed by atoms with Crippen molar-refractivity contribution in [2.45, 2.75) is 38.6 Å². The van der Waals surface area contributed by atoms with Crippen molar-refractivity contribution in [3.05, 3.63) is 33.5 Å². The summed E-state index contributed by atoms with van der Waals surface area (Å²) in [5, 5.41) is 5.73. The molecule has 0 aliphatic heterocycles. The summed E-state index contributed by atoms with van der Waals surface area (Å²) < 4.78 is 0. The molecule has 0 fully saturated rings. The van der Waals surface area contributed by atoms with Crippen LogP contribution in [0.3, 0.4) is 0 Å². The Morgan fingerprint density at radius 3 is 3.00 bits per heavy atom. The summed E-state index contributed by atoms with van der Waals surface area (Å²) in [6.45, 7) is 3.89. The summed E-state index contributed by atoms with van der Waals surface area (Å²) in [6.07, 6.45) is 7.50. The van der Waals surface area contributed by atoms with Gasteiger partial charge in [0.2, 0.25) is 0 Å². The number of nitrogens with one attached hydrogen (secondary N) is 1. The van der Waals surface area contributed by atoms with Crippen molar-refractivity contribution in [3.8, 4) is 0 Å². The quantitative estimate of drug-likeness (QED) is 0.761. The molecule has 1 aromatic rings. The first kappa shape index (κ1) is 12.8. The minimum Gasteiger partial charge on any atom is -0.329 e. The highest BCUT2D eigenvalue weighted by atomic mass is 32.1. The van der Waals surface area contributed by atoms with E-state index in [9.17, 15) is 0 Å². The number of nitrogens with two attached hydrogens (primary N) is 1. The van der Waals surface area contributed by atoms with E-state index in [1.54, 1.807) is 5.57 Å². The number of hydrogen-bond donors (Lipinski definition) is 2. The summed E-state index contributed by atoms with van der Waals surface area (Å²) in [6, 6.07) is 2.50. The van der Waals surface area contributed by atoms with Crippen LogP contribution in [0.2, 0.25) is 0 Å². The molecular formula is C14H22N2S. The third kappa shape index (κ3) is 3.41. The Hall–Kier alpha value is -0.640. The molecule has 94 valence electrons. The molecule has 1 heterocycles. The van der Waals surface area contributed by atoms with E-state index < -0.39 is 0 Å². The molecule has 0 amide bonds. The van der Waals surface area contributed by atoms with E-state index in [0.717, 1.165) is 6.54 Å². The maximum absolute atomic E-state index is 5.86. The van der Waals surface area contributed by atoms with Crippen LogP contribution in [0.1, 0.15) is 42.2 Å². The predicted molar refractivity (Wildman–Crippen MR) is 75.4 cm³/mol. The molecular weight excluding hydrogens is 228 g/mol. The average molecular weight is 250 g/mol. The molecule has 0 bridgehead atoms. The van der Waals surface area contributed by atoms with Crippen molar-refractivity contribution in [2.24, 2.45) is 5.73 Å². The zero-order valence-corrected chi connectivity index (χ0v) is 11.4. The van der Waals surface area contributed by atoms with Crippen molar-refractivity contribution in [3.63, 3.8) is 0 Å². The second kappa shape index (κ2) is 6.34. The van der Waals surface area contributed by atoms with Gasteiger partial charge in [0.15, 0.2) is 0 Å². The van der Waals surface area contributed by atoms with Crippen LogP contribution in [0.4, 0.5) is 0 Å². The van der Waals surface area contributed by atoms with Crippen LogP contribution in [0, 0.1) is 6.92 Å². The molecule has 0 radical (unpaired) electrons. The molecule has 1 unspecified atom stereocenters. The van der Waals surface area contributed by atoms with E-state index in [0.29, 0.717) is 12.6 Å². The van der Waals surface area contributed by atoms with Crippen LogP contribution in [-0.4, -0.2) is 13.1 Å². The molecule has 17 heavy (non-hydrogen) atoms. The highest BCUT2D eigenvalue weighted by Gasteiger charge is 2.13. The maximum atomic E-state index is 5.86. The molecule has 2 rings (SSSR count).